The zero-order valence-corrected chi connectivity index (χ0v) is 18.4. The Kier molecular flexibility index (Phi) is 6.27. The number of hydrogen-bond acceptors (Lipinski definition) is 4. The number of benzene rings is 1. The van der Waals surface area contributed by atoms with E-state index >= 15 is 0 Å². The van der Waals surface area contributed by atoms with Gasteiger partial charge in [-0.2, -0.15) is 13.2 Å². The maximum atomic E-state index is 14.1. The summed E-state index contributed by atoms with van der Waals surface area (Å²) in [7, 11) is 3.77. The largest absolute Gasteiger partial charge is 0.508 e. The van der Waals surface area contributed by atoms with E-state index in [9.17, 15) is 27.8 Å². The summed E-state index contributed by atoms with van der Waals surface area (Å²) < 4.78 is 55.9. The molecule has 2 heterocycles. The predicted molar refractivity (Wildman–Crippen MR) is 114 cm³/mol. The number of phenolic OH excluding ortho intramolecular Hbond substituents is 1. The summed E-state index contributed by atoms with van der Waals surface area (Å²) in [5.41, 5.74) is -2.50. The second-order valence-electron chi connectivity index (χ2n) is 9.20. The zero-order chi connectivity index (χ0) is 23.9. The average Bonchev–Trinajstić information content (AvgIpc) is 3.02. The molecule has 32 heavy (non-hydrogen) atoms. The van der Waals surface area contributed by atoms with Gasteiger partial charge in [-0.05, 0) is 62.3 Å². The molecule has 0 saturated carbocycles. The molecule has 174 valence electrons. The van der Waals surface area contributed by atoms with E-state index in [0.717, 1.165) is 23.9 Å². The van der Waals surface area contributed by atoms with Crippen molar-refractivity contribution in [2.45, 2.75) is 50.4 Å². The van der Waals surface area contributed by atoms with Crippen molar-refractivity contribution >= 4 is 11.0 Å². The Labute approximate surface area is 183 Å². The number of halogens is 4. The molecule has 0 fully saturated rings. The number of aromatic hydroxyl groups is 1. The second-order valence-corrected chi connectivity index (χ2v) is 9.20. The van der Waals surface area contributed by atoms with E-state index in [1.54, 1.807) is 12.1 Å². The number of phenols is 1. The van der Waals surface area contributed by atoms with Crippen LogP contribution in [-0.2, 0) is 18.4 Å². The van der Waals surface area contributed by atoms with Crippen molar-refractivity contribution in [1.29, 1.82) is 0 Å². The summed E-state index contributed by atoms with van der Waals surface area (Å²) in [6.07, 6.45) is -6.49. The molecule has 0 saturated heterocycles. The monoisotopic (exact) mass is 453 g/mol. The molecule has 3 aromatic rings. The quantitative estimate of drug-likeness (QED) is 0.455. The number of rotatable bonds is 7. The molecule has 0 amide bonds. The van der Waals surface area contributed by atoms with Crippen molar-refractivity contribution < 1.29 is 27.8 Å². The van der Waals surface area contributed by atoms with Crippen LogP contribution in [-0.4, -0.2) is 51.0 Å². The lowest BCUT2D eigenvalue weighted by atomic mass is 9.73. The highest BCUT2D eigenvalue weighted by Crippen LogP contribution is 2.45. The summed E-state index contributed by atoms with van der Waals surface area (Å²) in [6, 6.07) is 8.13. The average molecular weight is 453 g/mol. The topological polar surface area (TPSA) is 72.4 Å². The van der Waals surface area contributed by atoms with Crippen LogP contribution < -0.4 is 0 Å². The van der Waals surface area contributed by atoms with Gasteiger partial charge in [0.15, 0.2) is 5.60 Å². The summed E-state index contributed by atoms with van der Waals surface area (Å²) >= 11 is 0. The lowest BCUT2D eigenvalue weighted by Gasteiger charge is -2.38. The van der Waals surface area contributed by atoms with Crippen LogP contribution in [0.4, 0.5) is 17.6 Å². The molecule has 1 aromatic carbocycles. The molecular formula is C23H27F4N3O2. The molecule has 0 bridgehead atoms. The fourth-order valence-electron chi connectivity index (χ4n) is 4.07. The Morgan fingerprint density at radius 2 is 1.75 bits per heavy atom. The molecule has 0 aliphatic heterocycles. The van der Waals surface area contributed by atoms with Gasteiger partial charge in [0.25, 0.3) is 0 Å². The highest BCUT2D eigenvalue weighted by molar-refractivity contribution is 5.76. The molecule has 0 aliphatic rings. The first-order valence-electron chi connectivity index (χ1n) is 10.1. The Hall–Kier alpha value is -2.65. The minimum atomic E-state index is -4.96. The molecule has 0 radical (unpaired) electrons. The van der Waals surface area contributed by atoms with Gasteiger partial charge >= 0.3 is 6.18 Å². The fraction of sp³-hybridized carbons (Fsp3) is 0.435. The van der Waals surface area contributed by atoms with Crippen LogP contribution in [0, 0.1) is 5.82 Å². The van der Waals surface area contributed by atoms with E-state index < -0.39 is 35.9 Å². The predicted octanol–water partition coefficient (Wildman–Crippen LogP) is 4.67. The highest BCUT2D eigenvalue weighted by atomic mass is 19.4. The van der Waals surface area contributed by atoms with Gasteiger partial charge in [0.2, 0.25) is 0 Å². The number of H-pyrrole nitrogens is 1. The van der Waals surface area contributed by atoms with E-state index in [2.05, 4.69) is 9.97 Å². The van der Waals surface area contributed by atoms with E-state index in [1.807, 2.05) is 19.0 Å². The molecule has 1 unspecified atom stereocenters. The number of alkyl halides is 3. The minimum Gasteiger partial charge on any atom is -0.508 e. The van der Waals surface area contributed by atoms with Crippen LogP contribution in [0.25, 0.3) is 11.0 Å². The highest BCUT2D eigenvalue weighted by Gasteiger charge is 2.56. The van der Waals surface area contributed by atoms with Gasteiger partial charge in [0, 0.05) is 24.2 Å². The Morgan fingerprint density at radius 3 is 2.38 bits per heavy atom. The van der Waals surface area contributed by atoms with Crippen molar-refractivity contribution in [2.24, 2.45) is 0 Å². The maximum Gasteiger partial charge on any atom is 0.417 e. The van der Waals surface area contributed by atoms with Crippen LogP contribution in [0.2, 0.25) is 0 Å². The van der Waals surface area contributed by atoms with Gasteiger partial charge in [-0.3, -0.25) is 0 Å². The van der Waals surface area contributed by atoms with Gasteiger partial charge in [-0.1, -0.05) is 13.8 Å². The fourth-order valence-corrected chi connectivity index (χ4v) is 4.07. The van der Waals surface area contributed by atoms with Gasteiger partial charge < -0.3 is 20.1 Å². The van der Waals surface area contributed by atoms with Gasteiger partial charge in [0.05, 0.1) is 16.7 Å². The van der Waals surface area contributed by atoms with Crippen molar-refractivity contribution in [2.75, 3.05) is 14.1 Å². The number of aromatic nitrogens is 2. The van der Waals surface area contributed by atoms with E-state index in [-0.39, 0.29) is 17.0 Å². The van der Waals surface area contributed by atoms with Gasteiger partial charge in [-0.15, -0.1) is 0 Å². The zero-order valence-electron chi connectivity index (χ0n) is 18.4. The smallest absolute Gasteiger partial charge is 0.417 e. The summed E-state index contributed by atoms with van der Waals surface area (Å²) in [6.45, 7) is 3.44. The van der Waals surface area contributed by atoms with Gasteiger partial charge in [-0.25, -0.2) is 9.37 Å². The molecule has 0 spiro atoms. The molecule has 0 aliphatic carbocycles. The van der Waals surface area contributed by atoms with Crippen molar-refractivity contribution in [3.8, 4) is 5.75 Å². The van der Waals surface area contributed by atoms with Crippen molar-refractivity contribution in [3.05, 3.63) is 59.2 Å². The minimum absolute atomic E-state index is 0.00758. The first-order valence-corrected chi connectivity index (χ1v) is 10.1. The van der Waals surface area contributed by atoms with E-state index in [0.29, 0.717) is 17.6 Å². The number of aromatic amines is 1. The van der Waals surface area contributed by atoms with Crippen LogP contribution in [0.1, 0.15) is 37.2 Å². The normalized spacial score (nSPS) is 14.8. The SMILES string of the molecule is CN(C)Cc1ccc2[nH]c(CC(O)(CC(C)(C)c3cc(F)ccc3O)C(F)(F)F)cc2n1. The lowest BCUT2D eigenvalue weighted by molar-refractivity contribution is -0.266. The van der Waals surface area contributed by atoms with Crippen molar-refractivity contribution in [3.63, 3.8) is 0 Å². The number of fused-ring (bicyclic) bond motifs is 1. The standard InChI is InChI=1S/C23H27F4N3O2/c1-21(2,17-9-14(24)5-8-20(17)31)13-22(32,23(25,26)27)11-16-10-19-18(29-16)7-6-15(28-19)12-30(3)4/h5-10,29,31-32H,11-13H2,1-4H3. The summed E-state index contributed by atoms with van der Waals surface area (Å²) in [4.78, 5) is 9.29. The Balaban J connectivity index is 1.95. The third-order valence-corrected chi connectivity index (χ3v) is 5.50. The number of nitrogens with one attached hydrogen (secondary N) is 1. The van der Waals surface area contributed by atoms with Crippen LogP contribution in [0.15, 0.2) is 36.4 Å². The molecule has 9 heteroatoms. The van der Waals surface area contributed by atoms with Gasteiger partial charge in [0.1, 0.15) is 11.6 Å². The molecule has 3 rings (SSSR count). The summed E-state index contributed by atoms with van der Waals surface area (Å²) in [5, 5.41) is 20.9. The Morgan fingerprint density at radius 1 is 1.06 bits per heavy atom. The van der Waals surface area contributed by atoms with Crippen molar-refractivity contribution in [1.82, 2.24) is 14.9 Å². The Bertz CT molecular complexity index is 1110. The van der Waals surface area contributed by atoms with Crippen LogP contribution in [0.3, 0.4) is 0 Å². The maximum absolute atomic E-state index is 14.1. The number of pyridine rings is 1. The molecule has 3 N–H and O–H groups in total. The number of aliphatic hydroxyl groups is 1. The first kappa shape index (κ1) is 24.0. The molecular weight excluding hydrogens is 426 g/mol. The third kappa shape index (κ3) is 5.05. The van der Waals surface area contributed by atoms with E-state index in [1.165, 1.54) is 19.9 Å². The second kappa shape index (κ2) is 8.37. The summed E-state index contributed by atoms with van der Waals surface area (Å²) in [5.74, 6) is -1.01. The first-order chi connectivity index (χ1) is 14.7. The third-order valence-electron chi connectivity index (χ3n) is 5.50. The van der Waals surface area contributed by atoms with Crippen LogP contribution >= 0.6 is 0 Å². The lowest BCUT2D eigenvalue weighted by Crippen LogP contribution is -2.50. The molecule has 1 atom stereocenters. The molecule has 2 aromatic heterocycles. The van der Waals surface area contributed by atoms with E-state index in [4.69, 9.17) is 0 Å². The number of hydrogen-bond donors (Lipinski definition) is 3. The van der Waals surface area contributed by atoms with Crippen LogP contribution in [0.5, 0.6) is 5.75 Å². The molecule has 5 nitrogen and oxygen atoms in total. The number of nitrogens with zero attached hydrogens (tertiary/aromatic N) is 2.